The van der Waals surface area contributed by atoms with Gasteiger partial charge in [0.1, 0.15) is 5.75 Å². The predicted molar refractivity (Wildman–Crippen MR) is 84.3 cm³/mol. The van der Waals surface area contributed by atoms with Gasteiger partial charge >= 0.3 is 0 Å². The SMILES string of the molecule is C/C=C(\Nc1ccc(C(C)=N)cc1)c1ccc(O)cc1. The predicted octanol–water partition coefficient (Wildman–Crippen LogP) is 4.25. The van der Waals surface area contributed by atoms with Gasteiger partial charge in [-0.15, -0.1) is 0 Å². The van der Waals surface area contributed by atoms with Crippen molar-refractivity contribution in [2.45, 2.75) is 13.8 Å². The van der Waals surface area contributed by atoms with Crippen molar-refractivity contribution in [2.24, 2.45) is 0 Å². The highest BCUT2D eigenvalue weighted by Gasteiger charge is 2.02. The van der Waals surface area contributed by atoms with Gasteiger partial charge in [0.15, 0.2) is 0 Å². The average molecular weight is 266 g/mol. The van der Waals surface area contributed by atoms with Gasteiger partial charge < -0.3 is 15.8 Å². The first kappa shape index (κ1) is 13.9. The van der Waals surface area contributed by atoms with Crippen molar-refractivity contribution >= 4 is 17.1 Å². The second kappa shape index (κ2) is 6.06. The van der Waals surface area contributed by atoms with Gasteiger partial charge in [0.05, 0.1) is 0 Å². The molecule has 0 radical (unpaired) electrons. The van der Waals surface area contributed by atoms with Gasteiger partial charge in [-0.1, -0.05) is 18.2 Å². The van der Waals surface area contributed by atoms with E-state index < -0.39 is 0 Å². The van der Waals surface area contributed by atoms with Crippen LogP contribution in [0.5, 0.6) is 5.75 Å². The highest BCUT2D eigenvalue weighted by Crippen LogP contribution is 2.21. The Labute approximate surface area is 119 Å². The van der Waals surface area contributed by atoms with E-state index >= 15 is 0 Å². The van der Waals surface area contributed by atoms with Gasteiger partial charge in [-0.05, 0) is 61.4 Å². The maximum atomic E-state index is 9.32. The van der Waals surface area contributed by atoms with Gasteiger partial charge in [0.25, 0.3) is 0 Å². The largest absolute Gasteiger partial charge is 0.508 e. The Hall–Kier alpha value is -2.55. The fraction of sp³-hybridized carbons (Fsp3) is 0.118. The smallest absolute Gasteiger partial charge is 0.115 e. The summed E-state index contributed by atoms with van der Waals surface area (Å²) in [5.74, 6) is 0.259. The van der Waals surface area contributed by atoms with Crippen LogP contribution in [0.1, 0.15) is 25.0 Å². The van der Waals surface area contributed by atoms with E-state index in [0.717, 1.165) is 22.5 Å². The highest BCUT2D eigenvalue weighted by molar-refractivity contribution is 5.96. The number of hydrogen-bond donors (Lipinski definition) is 3. The summed E-state index contributed by atoms with van der Waals surface area (Å²) in [4.78, 5) is 0. The number of rotatable bonds is 4. The van der Waals surface area contributed by atoms with Crippen LogP contribution in [0.25, 0.3) is 5.70 Å². The Morgan fingerprint density at radius 3 is 2.05 bits per heavy atom. The van der Waals surface area contributed by atoms with Crippen LogP contribution in [0, 0.1) is 5.41 Å². The van der Waals surface area contributed by atoms with Crippen LogP contribution in [0.2, 0.25) is 0 Å². The van der Waals surface area contributed by atoms with Crippen molar-refractivity contribution in [2.75, 3.05) is 5.32 Å². The average Bonchev–Trinajstić information content (AvgIpc) is 2.46. The lowest BCUT2D eigenvalue weighted by Crippen LogP contribution is -1.99. The molecular weight excluding hydrogens is 248 g/mol. The van der Waals surface area contributed by atoms with Gasteiger partial charge in [0.2, 0.25) is 0 Å². The summed E-state index contributed by atoms with van der Waals surface area (Å²) < 4.78 is 0. The minimum absolute atomic E-state index is 0.259. The van der Waals surface area contributed by atoms with Crippen molar-refractivity contribution in [3.8, 4) is 5.75 Å². The molecule has 0 heterocycles. The Balaban J connectivity index is 2.18. The Kier molecular flexibility index (Phi) is 4.20. The first-order chi connectivity index (χ1) is 9.60. The first-order valence-corrected chi connectivity index (χ1v) is 6.48. The number of phenolic OH excluding ortho intramolecular Hbond substituents is 1. The molecule has 2 aromatic rings. The third-order valence-corrected chi connectivity index (χ3v) is 3.06. The molecule has 0 fully saturated rings. The molecule has 2 rings (SSSR count). The summed E-state index contributed by atoms with van der Waals surface area (Å²) in [6.45, 7) is 3.74. The quantitative estimate of drug-likeness (QED) is 0.724. The number of aromatic hydroxyl groups is 1. The van der Waals surface area contributed by atoms with E-state index in [-0.39, 0.29) is 5.75 Å². The zero-order valence-electron chi connectivity index (χ0n) is 11.6. The second-order valence-corrected chi connectivity index (χ2v) is 4.58. The van der Waals surface area contributed by atoms with E-state index in [2.05, 4.69) is 5.32 Å². The molecule has 3 N–H and O–H groups in total. The number of nitrogens with one attached hydrogen (secondary N) is 2. The molecule has 0 aliphatic carbocycles. The fourth-order valence-electron chi connectivity index (χ4n) is 1.91. The van der Waals surface area contributed by atoms with E-state index in [0.29, 0.717) is 5.71 Å². The number of anilines is 1. The van der Waals surface area contributed by atoms with E-state index in [4.69, 9.17) is 5.41 Å². The topological polar surface area (TPSA) is 56.1 Å². The molecule has 0 bridgehead atoms. The van der Waals surface area contributed by atoms with E-state index in [9.17, 15) is 5.11 Å². The third kappa shape index (κ3) is 3.26. The van der Waals surface area contributed by atoms with Crippen LogP contribution in [-0.2, 0) is 0 Å². The molecule has 102 valence electrons. The number of allylic oxidation sites excluding steroid dienone is 1. The van der Waals surface area contributed by atoms with Crippen LogP contribution >= 0.6 is 0 Å². The van der Waals surface area contributed by atoms with Crippen LogP contribution in [-0.4, -0.2) is 10.8 Å². The van der Waals surface area contributed by atoms with Crippen LogP contribution in [0.3, 0.4) is 0 Å². The molecule has 0 aromatic heterocycles. The van der Waals surface area contributed by atoms with Gasteiger partial charge in [0, 0.05) is 17.1 Å². The highest BCUT2D eigenvalue weighted by atomic mass is 16.3. The van der Waals surface area contributed by atoms with Crippen molar-refractivity contribution in [1.29, 1.82) is 5.41 Å². The molecule has 0 spiro atoms. The van der Waals surface area contributed by atoms with Gasteiger partial charge in [-0.25, -0.2) is 0 Å². The number of benzene rings is 2. The summed E-state index contributed by atoms with van der Waals surface area (Å²) >= 11 is 0. The summed E-state index contributed by atoms with van der Waals surface area (Å²) in [5, 5.41) is 20.2. The van der Waals surface area contributed by atoms with Crippen molar-refractivity contribution < 1.29 is 5.11 Å². The first-order valence-electron chi connectivity index (χ1n) is 6.48. The van der Waals surface area contributed by atoms with Crippen LogP contribution in [0.4, 0.5) is 5.69 Å². The molecule has 3 heteroatoms. The Morgan fingerprint density at radius 1 is 1.00 bits per heavy atom. The maximum absolute atomic E-state index is 9.32. The van der Waals surface area contributed by atoms with E-state index in [1.54, 1.807) is 19.1 Å². The molecular formula is C17H18N2O. The Bertz CT molecular complexity index is 625. The molecule has 0 unspecified atom stereocenters. The summed E-state index contributed by atoms with van der Waals surface area (Å²) in [5.41, 5.74) is 4.43. The van der Waals surface area contributed by atoms with Crippen molar-refractivity contribution in [1.82, 2.24) is 0 Å². The van der Waals surface area contributed by atoms with Gasteiger partial charge in [-0.3, -0.25) is 0 Å². The fourth-order valence-corrected chi connectivity index (χ4v) is 1.91. The lowest BCUT2D eigenvalue weighted by Gasteiger charge is -2.12. The number of hydrogen-bond acceptors (Lipinski definition) is 3. The van der Waals surface area contributed by atoms with Crippen LogP contribution < -0.4 is 5.32 Å². The molecule has 0 aliphatic rings. The minimum atomic E-state index is 0.259. The zero-order valence-corrected chi connectivity index (χ0v) is 11.6. The lowest BCUT2D eigenvalue weighted by molar-refractivity contribution is 0.475. The molecule has 0 atom stereocenters. The molecule has 0 aliphatic heterocycles. The second-order valence-electron chi connectivity index (χ2n) is 4.58. The Morgan fingerprint density at radius 2 is 1.55 bits per heavy atom. The monoisotopic (exact) mass is 266 g/mol. The maximum Gasteiger partial charge on any atom is 0.115 e. The van der Waals surface area contributed by atoms with E-state index in [1.165, 1.54) is 0 Å². The standard InChI is InChI=1S/C17H18N2O/c1-3-17(14-6-10-16(20)11-7-14)19-15-8-4-13(5-9-15)12(2)18/h3-11,18-20H,1-2H3/b17-3-,18-12?. The molecule has 0 saturated carbocycles. The van der Waals surface area contributed by atoms with Crippen molar-refractivity contribution in [3.63, 3.8) is 0 Å². The number of phenols is 1. The van der Waals surface area contributed by atoms with Crippen molar-refractivity contribution in [3.05, 3.63) is 65.7 Å². The van der Waals surface area contributed by atoms with Gasteiger partial charge in [-0.2, -0.15) is 0 Å². The zero-order chi connectivity index (χ0) is 14.5. The molecule has 0 amide bonds. The van der Waals surface area contributed by atoms with Crippen LogP contribution in [0.15, 0.2) is 54.6 Å². The van der Waals surface area contributed by atoms with E-state index in [1.807, 2.05) is 49.4 Å². The summed E-state index contributed by atoms with van der Waals surface area (Å²) in [7, 11) is 0. The molecule has 0 saturated heterocycles. The summed E-state index contributed by atoms with van der Waals surface area (Å²) in [6, 6.07) is 14.8. The third-order valence-electron chi connectivity index (χ3n) is 3.06. The lowest BCUT2D eigenvalue weighted by atomic mass is 10.1. The molecule has 20 heavy (non-hydrogen) atoms. The molecule has 2 aromatic carbocycles. The normalized spacial score (nSPS) is 11.2. The molecule has 3 nitrogen and oxygen atoms in total. The minimum Gasteiger partial charge on any atom is -0.508 e. The summed E-state index contributed by atoms with van der Waals surface area (Å²) in [6.07, 6.45) is 1.99.